The molecule has 0 saturated carbocycles. The SMILES string of the molecule is Cc1ccc2c(c1)C(=O)CC(C(=O)O)C2. The molecule has 0 fully saturated rings. The highest BCUT2D eigenvalue weighted by atomic mass is 16.4. The summed E-state index contributed by atoms with van der Waals surface area (Å²) in [6, 6.07) is 5.61. The summed E-state index contributed by atoms with van der Waals surface area (Å²) in [5, 5.41) is 8.88. The number of carboxylic acid groups (broad SMARTS) is 1. The number of hydrogen-bond acceptors (Lipinski definition) is 2. The molecular formula is C12H12O3. The molecule has 2 rings (SSSR count). The minimum absolute atomic E-state index is 0.0487. The molecular weight excluding hydrogens is 192 g/mol. The Hall–Kier alpha value is -1.64. The van der Waals surface area contributed by atoms with Crippen LogP contribution in [0.3, 0.4) is 0 Å². The number of aliphatic carboxylic acids is 1. The molecule has 0 radical (unpaired) electrons. The average Bonchev–Trinajstić information content (AvgIpc) is 2.18. The molecule has 1 aliphatic carbocycles. The van der Waals surface area contributed by atoms with Gasteiger partial charge in [0.25, 0.3) is 0 Å². The maximum absolute atomic E-state index is 11.7. The Balaban J connectivity index is 2.41. The molecule has 0 bridgehead atoms. The van der Waals surface area contributed by atoms with Crippen molar-refractivity contribution in [1.29, 1.82) is 0 Å². The van der Waals surface area contributed by atoms with Crippen LogP contribution in [-0.2, 0) is 11.2 Å². The Morgan fingerprint density at radius 2 is 2.13 bits per heavy atom. The van der Waals surface area contributed by atoms with Crippen molar-refractivity contribution in [3.63, 3.8) is 0 Å². The lowest BCUT2D eigenvalue weighted by atomic mass is 9.82. The van der Waals surface area contributed by atoms with Gasteiger partial charge in [-0.25, -0.2) is 0 Å². The monoisotopic (exact) mass is 204 g/mol. The highest BCUT2D eigenvalue weighted by molar-refractivity contribution is 6.01. The van der Waals surface area contributed by atoms with Crippen LogP contribution in [0, 0.1) is 12.8 Å². The quantitative estimate of drug-likeness (QED) is 0.759. The van der Waals surface area contributed by atoms with Gasteiger partial charge in [-0.15, -0.1) is 0 Å². The summed E-state index contributed by atoms with van der Waals surface area (Å²) < 4.78 is 0. The first-order chi connectivity index (χ1) is 7.08. The lowest BCUT2D eigenvalue weighted by Crippen LogP contribution is -2.26. The smallest absolute Gasteiger partial charge is 0.307 e. The highest BCUT2D eigenvalue weighted by Crippen LogP contribution is 2.26. The third-order valence-electron chi connectivity index (χ3n) is 2.81. The number of rotatable bonds is 1. The predicted molar refractivity (Wildman–Crippen MR) is 55.0 cm³/mol. The number of carbonyl (C=O) groups is 2. The Kier molecular flexibility index (Phi) is 2.31. The van der Waals surface area contributed by atoms with Crippen LogP contribution in [0.25, 0.3) is 0 Å². The second-order valence-corrected chi connectivity index (χ2v) is 4.03. The fourth-order valence-corrected chi connectivity index (χ4v) is 1.97. The van der Waals surface area contributed by atoms with E-state index in [0.29, 0.717) is 12.0 Å². The molecule has 3 nitrogen and oxygen atoms in total. The largest absolute Gasteiger partial charge is 0.481 e. The van der Waals surface area contributed by atoms with Crippen LogP contribution in [0.1, 0.15) is 27.9 Å². The van der Waals surface area contributed by atoms with Crippen molar-refractivity contribution in [3.05, 3.63) is 34.9 Å². The van der Waals surface area contributed by atoms with Crippen LogP contribution in [-0.4, -0.2) is 16.9 Å². The van der Waals surface area contributed by atoms with Gasteiger partial charge in [0, 0.05) is 12.0 Å². The van der Waals surface area contributed by atoms with Gasteiger partial charge in [0.05, 0.1) is 5.92 Å². The Bertz CT molecular complexity index is 434. The zero-order chi connectivity index (χ0) is 11.0. The molecule has 3 heteroatoms. The third kappa shape index (κ3) is 1.77. The van der Waals surface area contributed by atoms with E-state index >= 15 is 0 Å². The van der Waals surface area contributed by atoms with E-state index in [0.717, 1.165) is 11.1 Å². The maximum atomic E-state index is 11.7. The summed E-state index contributed by atoms with van der Waals surface area (Å²) in [5.41, 5.74) is 2.60. The summed E-state index contributed by atoms with van der Waals surface area (Å²) in [6.07, 6.45) is 0.600. The van der Waals surface area contributed by atoms with Crippen molar-refractivity contribution >= 4 is 11.8 Å². The average molecular weight is 204 g/mol. The second-order valence-electron chi connectivity index (χ2n) is 4.03. The number of ketones is 1. The molecule has 78 valence electrons. The van der Waals surface area contributed by atoms with Crippen LogP contribution in [0.2, 0.25) is 0 Å². The Labute approximate surface area is 87.7 Å². The number of hydrogen-bond donors (Lipinski definition) is 1. The van der Waals surface area contributed by atoms with E-state index in [1.54, 1.807) is 0 Å². The number of benzene rings is 1. The van der Waals surface area contributed by atoms with Gasteiger partial charge in [-0.05, 0) is 25.0 Å². The summed E-state index contributed by atoms with van der Waals surface area (Å²) in [7, 11) is 0. The number of Topliss-reactive ketones (excluding diaryl/α,β-unsaturated/α-hetero) is 1. The minimum Gasteiger partial charge on any atom is -0.481 e. The van der Waals surface area contributed by atoms with Gasteiger partial charge in [0.2, 0.25) is 0 Å². The molecule has 1 unspecified atom stereocenters. The Morgan fingerprint density at radius 1 is 1.40 bits per heavy atom. The van der Waals surface area contributed by atoms with Crippen molar-refractivity contribution < 1.29 is 14.7 Å². The Morgan fingerprint density at radius 3 is 2.80 bits per heavy atom. The normalized spacial score (nSPS) is 19.8. The standard InChI is InChI=1S/C12H12O3/c1-7-2-3-8-5-9(12(14)15)6-11(13)10(8)4-7/h2-4,9H,5-6H2,1H3,(H,14,15). The van der Waals surface area contributed by atoms with E-state index in [4.69, 9.17) is 5.11 Å². The van der Waals surface area contributed by atoms with Gasteiger partial charge in [-0.3, -0.25) is 9.59 Å². The minimum atomic E-state index is -0.880. The van der Waals surface area contributed by atoms with Crippen LogP contribution in [0.5, 0.6) is 0 Å². The molecule has 1 atom stereocenters. The molecule has 15 heavy (non-hydrogen) atoms. The van der Waals surface area contributed by atoms with Gasteiger partial charge in [0.15, 0.2) is 5.78 Å². The number of fused-ring (bicyclic) bond motifs is 1. The van der Waals surface area contributed by atoms with Crippen molar-refractivity contribution in [2.24, 2.45) is 5.92 Å². The third-order valence-corrected chi connectivity index (χ3v) is 2.81. The predicted octanol–water partition coefficient (Wildman–Crippen LogP) is 1.82. The molecule has 0 aliphatic heterocycles. The number of aryl methyl sites for hydroxylation is 1. The topological polar surface area (TPSA) is 54.4 Å². The van der Waals surface area contributed by atoms with Crippen LogP contribution in [0.4, 0.5) is 0 Å². The van der Waals surface area contributed by atoms with Gasteiger partial charge >= 0.3 is 5.97 Å². The van der Waals surface area contributed by atoms with Gasteiger partial charge in [-0.2, -0.15) is 0 Å². The molecule has 0 amide bonds. The zero-order valence-corrected chi connectivity index (χ0v) is 8.49. The number of carbonyl (C=O) groups excluding carboxylic acids is 1. The summed E-state index contributed by atoms with van der Waals surface area (Å²) in [4.78, 5) is 22.5. The maximum Gasteiger partial charge on any atom is 0.307 e. The molecule has 0 aromatic heterocycles. The molecule has 0 spiro atoms. The highest BCUT2D eigenvalue weighted by Gasteiger charge is 2.29. The van der Waals surface area contributed by atoms with Crippen molar-refractivity contribution in [3.8, 4) is 0 Å². The van der Waals surface area contributed by atoms with E-state index in [1.807, 2.05) is 25.1 Å². The van der Waals surface area contributed by atoms with Crippen LogP contribution < -0.4 is 0 Å². The van der Waals surface area contributed by atoms with Gasteiger partial charge in [0.1, 0.15) is 0 Å². The fraction of sp³-hybridized carbons (Fsp3) is 0.333. The molecule has 1 aromatic carbocycles. The van der Waals surface area contributed by atoms with E-state index in [2.05, 4.69) is 0 Å². The lowest BCUT2D eigenvalue weighted by molar-refractivity contribution is -0.141. The summed E-state index contributed by atoms with van der Waals surface area (Å²) in [6.45, 7) is 1.93. The molecule has 1 N–H and O–H groups in total. The first-order valence-electron chi connectivity index (χ1n) is 4.93. The fourth-order valence-electron chi connectivity index (χ4n) is 1.97. The van der Waals surface area contributed by atoms with E-state index < -0.39 is 11.9 Å². The summed E-state index contributed by atoms with van der Waals surface area (Å²) in [5.74, 6) is -1.48. The van der Waals surface area contributed by atoms with Crippen LogP contribution in [0.15, 0.2) is 18.2 Å². The first kappa shape index (κ1) is 9.90. The van der Waals surface area contributed by atoms with Crippen molar-refractivity contribution in [2.75, 3.05) is 0 Å². The van der Waals surface area contributed by atoms with E-state index in [9.17, 15) is 9.59 Å². The molecule has 0 saturated heterocycles. The van der Waals surface area contributed by atoms with Crippen molar-refractivity contribution in [1.82, 2.24) is 0 Å². The molecule has 1 aliphatic rings. The zero-order valence-electron chi connectivity index (χ0n) is 8.49. The van der Waals surface area contributed by atoms with Gasteiger partial charge in [-0.1, -0.05) is 17.7 Å². The van der Waals surface area contributed by atoms with E-state index in [-0.39, 0.29) is 12.2 Å². The van der Waals surface area contributed by atoms with Gasteiger partial charge < -0.3 is 5.11 Å². The summed E-state index contributed by atoms with van der Waals surface area (Å²) >= 11 is 0. The second kappa shape index (κ2) is 3.50. The lowest BCUT2D eigenvalue weighted by Gasteiger charge is -2.20. The van der Waals surface area contributed by atoms with Crippen molar-refractivity contribution in [2.45, 2.75) is 19.8 Å². The molecule has 1 aromatic rings. The molecule has 0 heterocycles. The number of carboxylic acids is 1. The van der Waals surface area contributed by atoms with Crippen LogP contribution >= 0.6 is 0 Å². The van der Waals surface area contributed by atoms with E-state index in [1.165, 1.54) is 0 Å². The first-order valence-corrected chi connectivity index (χ1v) is 4.93.